The molecule has 5 rings (SSSR count). The zero-order chi connectivity index (χ0) is 20.3. The van der Waals surface area contributed by atoms with E-state index < -0.39 is 16.2 Å². The highest BCUT2D eigenvalue weighted by Gasteiger charge is 2.38. The van der Waals surface area contributed by atoms with Gasteiger partial charge < -0.3 is 14.0 Å². The van der Waals surface area contributed by atoms with Gasteiger partial charge in [-0.2, -0.15) is 0 Å². The molecule has 3 aromatic rings. The van der Waals surface area contributed by atoms with Crippen molar-refractivity contribution in [2.45, 2.75) is 18.9 Å². The van der Waals surface area contributed by atoms with Crippen LogP contribution in [0.2, 0.25) is 0 Å². The number of pyridine rings is 1. The van der Waals surface area contributed by atoms with E-state index >= 15 is 0 Å². The predicted octanol–water partition coefficient (Wildman–Crippen LogP) is 2.51. The first kappa shape index (κ1) is 17.7. The van der Waals surface area contributed by atoms with Gasteiger partial charge in [-0.25, -0.2) is 0 Å². The van der Waals surface area contributed by atoms with Gasteiger partial charge in [-0.1, -0.05) is 18.2 Å². The van der Waals surface area contributed by atoms with Crippen LogP contribution in [-0.4, -0.2) is 38.0 Å². The first-order valence-corrected chi connectivity index (χ1v) is 9.66. The fourth-order valence-electron chi connectivity index (χ4n) is 4.90. The lowest BCUT2D eigenvalue weighted by Gasteiger charge is -2.42. The maximum Gasteiger partial charge on any atom is 0.334 e. The Bertz CT molecular complexity index is 1230. The van der Waals surface area contributed by atoms with E-state index in [9.17, 15) is 19.7 Å². The van der Waals surface area contributed by atoms with Gasteiger partial charge in [0.2, 0.25) is 0 Å². The zero-order valence-corrected chi connectivity index (χ0v) is 15.9. The largest absolute Gasteiger partial charge is 0.340 e. The quantitative estimate of drug-likeness (QED) is 0.495. The Morgan fingerprint density at radius 2 is 1.93 bits per heavy atom. The van der Waals surface area contributed by atoms with Gasteiger partial charge >= 0.3 is 11.2 Å². The minimum Gasteiger partial charge on any atom is -0.340 e. The first-order valence-electron chi connectivity index (χ1n) is 9.66. The van der Waals surface area contributed by atoms with E-state index in [2.05, 4.69) is 0 Å². The van der Waals surface area contributed by atoms with E-state index in [1.807, 2.05) is 46.8 Å². The summed E-state index contributed by atoms with van der Waals surface area (Å²) < 4.78 is 3.46. The number of benzene rings is 1. The van der Waals surface area contributed by atoms with Crippen LogP contribution in [0.25, 0.3) is 10.9 Å². The molecule has 0 aliphatic carbocycles. The molecule has 2 aliphatic heterocycles. The summed E-state index contributed by atoms with van der Waals surface area (Å²) in [6, 6.07) is 12.8. The summed E-state index contributed by atoms with van der Waals surface area (Å²) in [5.74, 6) is 0.102. The maximum atomic E-state index is 13.3. The fourth-order valence-corrected chi connectivity index (χ4v) is 4.90. The Morgan fingerprint density at radius 1 is 1.14 bits per heavy atom. The first-order chi connectivity index (χ1) is 13.9. The number of nitrogens with zero attached hydrogens (tertiary/aromatic N) is 4. The van der Waals surface area contributed by atoms with Gasteiger partial charge in [0.05, 0.1) is 4.92 Å². The summed E-state index contributed by atoms with van der Waals surface area (Å²) in [6.07, 6.45) is 0.885. The smallest absolute Gasteiger partial charge is 0.334 e. The van der Waals surface area contributed by atoms with Gasteiger partial charge in [0.1, 0.15) is 5.69 Å². The van der Waals surface area contributed by atoms with Crippen molar-refractivity contribution < 1.29 is 9.72 Å². The van der Waals surface area contributed by atoms with Crippen LogP contribution in [0, 0.1) is 16.0 Å². The van der Waals surface area contributed by atoms with Crippen LogP contribution in [-0.2, 0) is 13.6 Å². The summed E-state index contributed by atoms with van der Waals surface area (Å²) in [4.78, 5) is 38.1. The van der Waals surface area contributed by atoms with Crippen molar-refractivity contribution in [3.63, 3.8) is 0 Å². The normalized spacial score (nSPS) is 20.5. The second-order valence-corrected chi connectivity index (χ2v) is 7.97. The number of fused-ring (bicyclic) bond motifs is 5. The van der Waals surface area contributed by atoms with Crippen LogP contribution in [0.5, 0.6) is 0 Å². The third-order valence-corrected chi connectivity index (χ3v) is 6.24. The number of amides is 1. The maximum absolute atomic E-state index is 13.3. The molecule has 1 fully saturated rings. The van der Waals surface area contributed by atoms with E-state index in [1.54, 1.807) is 6.07 Å². The molecule has 1 saturated heterocycles. The van der Waals surface area contributed by atoms with Crippen LogP contribution in [0.1, 0.15) is 28.5 Å². The molecule has 1 amide bonds. The fraction of sp³-hybridized carbons (Fsp3) is 0.333. The van der Waals surface area contributed by atoms with E-state index in [-0.39, 0.29) is 17.7 Å². The summed E-state index contributed by atoms with van der Waals surface area (Å²) in [5.41, 5.74) is 1.50. The molecule has 8 heteroatoms. The Labute approximate surface area is 166 Å². The van der Waals surface area contributed by atoms with Crippen LogP contribution >= 0.6 is 0 Å². The second kappa shape index (κ2) is 6.30. The van der Waals surface area contributed by atoms with Crippen molar-refractivity contribution in [3.05, 3.63) is 74.3 Å². The standard InChI is InChI=1S/C21H20N4O4/c1-22-16-5-3-2-4-14(16)9-19(22)20(26)23-10-13-8-15(12-23)17-6-7-18(25(28)29)21(27)24(17)11-13/h2-7,9,13,15H,8,10-12H2,1H3/t13-,15-/m0/s1. The van der Waals surface area contributed by atoms with E-state index in [0.29, 0.717) is 25.3 Å². The molecule has 2 bridgehead atoms. The van der Waals surface area contributed by atoms with Gasteiger partial charge in [0, 0.05) is 55.3 Å². The Morgan fingerprint density at radius 3 is 2.69 bits per heavy atom. The summed E-state index contributed by atoms with van der Waals surface area (Å²) in [6.45, 7) is 1.46. The Hall–Kier alpha value is -3.42. The lowest BCUT2D eigenvalue weighted by atomic mass is 9.83. The Balaban J connectivity index is 1.48. The molecule has 29 heavy (non-hydrogen) atoms. The van der Waals surface area contributed by atoms with Crippen LogP contribution in [0.3, 0.4) is 0 Å². The average molecular weight is 392 g/mol. The van der Waals surface area contributed by atoms with Crippen molar-refractivity contribution in [1.82, 2.24) is 14.0 Å². The Kier molecular flexibility index (Phi) is 3.84. The zero-order valence-electron chi connectivity index (χ0n) is 15.9. The van der Waals surface area contributed by atoms with E-state index in [1.165, 1.54) is 10.6 Å². The number of aryl methyl sites for hydroxylation is 1. The predicted molar refractivity (Wildman–Crippen MR) is 107 cm³/mol. The molecule has 0 unspecified atom stereocenters. The number of carbonyl (C=O) groups is 1. The minimum absolute atomic E-state index is 0.00892. The number of carbonyl (C=O) groups excluding carboxylic acids is 1. The highest BCUT2D eigenvalue weighted by molar-refractivity contribution is 5.98. The van der Waals surface area contributed by atoms with Crippen molar-refractivity contribution in [2.75, 3.05) is 13.1 Å². The number of para-hydroxylation sites is 1. The van der Waals surface area contributed by atoms with Crippen molar-refractivity contribution in [1.29, 1.82) is 0 Å². The molecule has 2 aliphatic rings. The van der Waals surface area contributed by atoms with Crippen molar-refractivity contribution >= 4 is 22.5 Å². The minimum atomic E-state index is -0.629. The number of hydrogen-bond donors (Lipinski definition) is 0. The highest BCUT2D eigenvalue weighted by atomic mass is 16.6. The SMILES string of the molecule is Cn1c(C(=O)N2C[C@@H]3C[C@@H](C2)c2ccc([N+](=O)[O-])c(=O)n2C3)cc2ccccc21. The molecule has 2 atom stereocenters. The number of aromatic nitrogens is 2. The number of likely N-dealkylation sites (tertiary alicyclic amines) is 1. The lowest BCUT2D eigenvalue weighted by molar-refractivity contribution is -0.386. The number of nitro groups is 1. The van der Waals surface area contributed by atoms with Gasteiger partial charge in [0.15, 0.2) is 0 Å². The summed E-state index contributed by atoms with van der Waals surface area (Å²) in [5, 5.41) is 12.1. The van der Waals surface area contributed by atoms with E-state index in [0.717, 1.165) is 23.0 Å². The molecule has 8 nitrogen and oxygen atoms in total. The molecule has 148 valence electrons. The molecular weight excluding hydrogens is 372 g/mol. The summed E-state index contributed by atoms with van der Waals surface area (Å²) in [7, 11) is 1.90. The van der Waals surface area contributed by atoms with Crippen molar-refractivity contribution in [2.24, 2.45) is 13.0 Å². The lowest BCUT2D eigenvalue weighted by Crippen LogP contribution is -2.49. The van der Waals surface area contributed by atoms with E-state index in [4.69, 9.17) is 0 Å². The van der Waals surface area contributed by atoms with Gasteiger partial charge in [0.25, 0.3) is 5.91 Å². The molecule has 1 aromatic carbocycles. The second-order valence-electron chi connectivity index (χ2n) is 7.97. The number of rotatable bonds is 2. The molecule has 4 heterocycles. The molecule has 0 N–H and O–H groups in total. The van der Waals surface area contributed by atoms with Crippen LogP contribution in [0.15, 0.2) is 47.3 Å². The molecule has 2 aromatic heterocycles. The highest BCUT2D eigenvalue weighted by Crippen LogP contribution is 2.36. The number of hydrogen-bond acceptors (Lipinski definition) is 4. The van der Waals surface area contributed by atoms with Crippen molar-refractivity contribution in [3.8, 4) is 0 Å². The third-order valence-electron chi connectivity index (χ3n) is 6.24. The topological polar surface area (TPSA) is 90.4 Å². The van der Waals surface area contributed by atoms with Crippen LogP contribution in [0.4, 0.5) is 5.69 Å². The van der Waals surface area contributed by atoms with Gasteiger partial charge in [-0.15, -0.1) is 0 Å². The monoisotopic (exact) mass is 392 g/mol. The third kappa shape index (κ3) is 2.66. The molecule has 0 radical (unpaired) electrons. The average Bonchev–Trinajstić information content (AvgIpc) is 3.04. The molecule has 0 spiro atoms. The molecular formula is C21H20N4O4. The van der Waals surface area contributed by atoms with Crippen LogP contribution < -0.4 is 5.56 Å². The number of piperidine rings is 1. The summed E-state index contributed by atoms with van der Waals surface area (Å²) >= 11 is 0. The van der Waals surface area contributed by atoms with Gasteiger partial charge in [-0.05, 0) is 30.5 Å². The molecule has 0 saturated carbocycles. The van der Waals surface area contributed by atoms with Gasteiger partial charge in [-0.3, -0.25) is 19.7 Å².